The van der Waals surface area contributed by atoms with Gasteiger partial charge >= 0.3 is 0 Å². The van der Waals surface area contributed by atoms with E-state index in [0.29, 0.717) is 19.5 Å². The minimum Gasteiger partial charge on any atom is -0.332 e. The van der Waals surface area contributed by atoms with E-state index in [1.54, 1.807) is 0 Å². The fraction of sp³-hybridized carbons (Fsp3) is 0.308. The van der Waals surface area contributed by atoms with Crippen LogP contribution in [0.5, 0.6) is 0 Å². The van der Waals surface area contributed by atoms with Gasteiger partial charge in [-0.3, -0.25) is 9.59 Å². The van der Waals surface area contributed by atoms with Crippen LogP contribution in [-0.2, 0) is 20.8 Å². The third-order valence-corrected chi connectivity index (χ3v) is 6.69. The highest BCUT2D eigenvalue weighted by Crippen LogP contribution is 2.26. The van der Waals surface area contributed by atoms with Gasteiger partial charge in [0.1, 0.15) is 6.29 Å². The summed E-state index contributed by atoms with van der Waals surface area (Å²) >= 11 is 3.45. The van der Waals surface area contributed by atoms with Gasteiger partial charge in [-0.2, -0.15) is 5.10 Å². The van der Waals surface area contributed by atoms with Crippen molar-refractivity contribution in [2.45, 2.75) is 38.1 Å². The lowest BCUT2D eigenvalue weighted by Gasteiger charge is -2.25. The molecule has 2 aromatic rings. The topological polar surface area (TPSA) is 70.1 Å². The van der Waals surface area contributed by atoms with Crippen LogP contribution in [0.4, 0.5) is 0 Å². The van der Waals surface area contributed by atoms with Gasteiger partial charge in [0.2, 0.25) is 11.8 Å². The minimum atomic E-state index is -0.342. The Morgan fingerprint density at radius 2 is 1.91 bits per heavy atom. The van der Waals surface area contributed by atoms with Gasteiger partial charge in [-0.25, -0.2) is 5.01 Å². The maximum Gasteiger partial charge on any atom is 0.247 e. The molecule has 6 nitrogen and oxygen atoms in total. The van der Waals surface area contributed by atoms with Crippen LogP contribution in [0, 0.1) is 0 Å². The Kier molecular flexibility index (Phi) is 6.88. The molecule has 0 saturated carbocycles. The predicted octanol–water partition coefficient (Wildman–Crippen LogP) is 4.09. The number of hydrazone groups is 1. The Morgan fingerprint density at radius 1 is 1.21 bits per heavy atom. The van der Waals surface area contributed by atoms with E-state index in [4.69, 9.17) is 0 Å². The highest BCUT2D eigenvalue weighted by molar-refractivity contribution is 9.10. The monoisotopic (exact) mass is 507 g/mol. The first kappa shape index (κ1) is 23.1. The molecular formula is C26H26BrN3O3. The Bertz CT molecular complexity index is 1110. The van der Waals surface area contributed by atoms with Gasteiger partial charge in [-0.05, 0) is 36.6 Å². The largest absolute Gasteiger partial charge is 0.332 e. The summed E-state index contributed by atoms with van der Waals surface area (Å²) in [6, 6.07) is 15.0. The summed E-state index contributed by atoms with van der Waals surface area (Å²) in [5.74, 6) is -0.361. The molecule has 2 aliphatic heterocycles. The van der Waals surface area contributed by atoms with Crippen molar-refractivity contribution in [2.75, 3.05) is 13.1 Å². The molecule has 0 aliphatic carbocycles. The second-order valence-electron chi connectivity index (χ2n) is 8.55. The summed E-state index contributed by atoms with van der Waals surface area (Å²) in [5, 5.41) is 6.15. The van der Waals surface area contributed by atoms with Crippen molar-refractivity contribution in [3.8, 4) is 0 Å². The fourth-order valence-electron chi connectivity index (χ4n) is 4.35. The third kappa shape index (κ3) is 4.98. The number of carbonyl (C=O) groups is 3. The molecule has 2 atom stereocenters. The number of rotatable bonds is 7. The average Bonchev–Trinajstić information content (AvgIpc) is 3.42. The van der Waals surface area contributed by atoms with Gasteiger partial charge in [-0.15, -0.1) is 0 Å². The van der Waals surface area contributed by atoms with Crippen molar-refractivity contribution in [3.05, 3.63) is 81.8 Å². The molecule has 2 amide bonds. The van der Waals surface area contributed by atoms with Crippen molar-refractivity contribution in [3.63, 3.8) is 0 Å². The van der Waals surface area contributed by atoms with E-state index in [2.05, 4.69) is 27.6 Å². The number of aldehydes is 1. The van der Waals surface area contributed by atoms with E-state index in [1.807, 2.05) is 60.4 Å². The molecule has 0 spiro atoms. The Balaban J connectivity index is 1.53. The van der Waals surface area contributed by atoms with Gasteiger partial charge < -0.3 is 9.69 Å². The van der Waals surface area contributed by atoms with Crippen molar-refractivity contribution in [2.24, 2.45) is 5.10 Å². The van der Waals surface area contributed by atoms with Crippen LogP contribution in [0.3, 0.4) is 0 Å². The molecule has 2 heterocycles. The first-order chi connectivity index (χ1) is 15.9. The molecule has 2 aliphatic rings. The lowest BCUT2D eigenvalue weighted by Crippen LogP contribution is -2.44. The van der Waals surface area contributed by atoms with Gasteiger partial charge in [0.05, 0.1) is 30.6 Å². The molecule has 0 radical (unpaired) electrons. The van der Waals surface area contributed by atoms with E-state index in [-0.39, 0.29) is 30.2 Å². The van der Waals surface area contributed by atoms with Crippen LogP contribution in [0.15, 0.2) is 70.3 Å². The first-order valence-corrected chi connectivity index (χ1v) is 11.8. The van der Waals surface area contributed by atoms with Crippen molar-refractivity contribution >= 4 is 39.7 Å². The summed E-state index contributed by atoms with van der Waals surface area (Å²) in [7, 11) is 0. The number of hydrogen-bond donors (Lipinski definition) is 0. The number of halogens is 1. The molecule has 7 heteroatoms. The third-order valence-electron chi connectivity index (χ3n) is 6.17. The molecule has 2 unspecified atom stereocenters. The standard InChI is InChI=1S/C26H26BrN3O3/c1-17(2)22(16-31)19-7-5-18(6-8-19)14-25(33)30-15-23(29-13-3-4-24(29)32)26(28-30)20-9-11-21(27)12-10-20/h5-12,16,22-23H,1,3-4,13-15H2,2H3. The molecule has 33 heavy (non-hydrogen) atoms. The summed E-state index contributed by atoms with van der Waals surface area (Å²) < 4.78 is 0.957. The van der Waals surface area contributed by atoms with E-state index in [1.165, 1.54) is 5.01 Å². The highest BCUT2D eigenvalue weighted by Gasteiger charge is 2.38. The van der Waals surface area contributed by atoms with Crippen molar-refractivity contribution < 1.29 is 14.4 Å². The summed E-state index contributed by atoms with van der Waals surface area (Å²) in [5.41, 5.74) is 4.14. The van der Waals surface area contributed by atoms with Crippen LogP contribution < -0.4 is 0 Å². The number of carbonyl (C=O) groups excluding carboxylic acids is 3. The molecule has 0 bridgehead atoms. The minimum absolute atomic E-state index is 0.108. The lowest BCUT2D eigenvalue weighted by atomic mass is 9.93. The zero-order valence-electron chi connectivity index (χ0n) is 18.5. The second kappa shape index (κ2) is 9.83. The van der Waals surface area contributed by atoms with Gasteiger partial charge in [-0.1, -0.05) is 64.5 Å². The van der Waals surface area contributed by atoms with Crippen LogP contribution in [0.1, 0.15) is 42.4 Å². The number of benzene rings is 2. The Labute approximate surface area is 202 Å². The fourth-order valence-corrected chi connectivity index (χ4v) is 4.61. The first-order valence-electron chi connectivity index (χ1n) is 11.0. The predicted molar refractivity (Wildman–Crippen MR) is 131 cm³/mol. The quantitative estimate of drug-likeness (QED) is 0.418. The van der Waals surface area contributed by atoms with Crippen LogP contribution in [0.2, 0.25) is 0 Å². The second-order valence-corrected chi connectivity index (χ2v) is 9.47. The number of hydrogen-bond acceptors (Lipinski definition) is 4. The SMILES string of the molecule is C=C(C)C(C=O)c1ccc(CC(=O)N2CC(N3CCCC3=O)C(c3ccc(Br)cc3)=N2)cc1. The number of likely N-dealkylation sites (tertiary alicyclic amines) is 1. The van der Waals surface area contributed by atoms with Crippen molar-refractivity contribution in [1.29, 1.82) is 0 Å². The van der Waals surface area contributed by atoms with Gasteiger partial charge in [0.25, 0.3) is 0 Å². The smallest absolute Gasteiger partial charge is 0.247 e. The van der Waals surface area contributed by atoms with Gasteiger partial charge in [0, 0.05) is 23.0 Å². The molecule has 1 fully saturated rings. The van der Waals surface area contributed by atoms with Crippen LogP contribution >= 0.6 is 15.9 Å². The maximum absolute atomic E-state index is 13.1. The molecule has 2 aromatic carbocycles. The normalized spacial score (nSPS) is 18.9. The van der Waals surface area contributed by atoms with Crippen molar-refractivity contribution in [1.82, 2.24) is 9.91 Å². The lowest BCUT2D eigenvalue weighted by molar-refractivity contribution is -0.133. The molecule has 170 valence electrons. The van der Waals surface area contributed by atoms with E-state index in [0.717, 1.165) is 45.2 Å². The molecule has 1 saturated heterocycles. The zero-order valence-corrected chi connectivity index (χ0v) is 20.1. The summed E-state index contributed by atoms with van der Waals surface area (Å²) in [4.78, 5) is 38.8. The average molecular weight is 508 g/mol. The summed E-state index contributed by atoms with van der Waals surface area (Å²) in [6.45, 7) is 6.74. The summed E-state index contributed by atoms with van der Waals surface area (Å²) in [6.07, 6.45) is 2.44. The Morgan fingerprint density at radius 3 is 2.48 bits per heavy atom. The van der Waals surface area contributed by atoms with Gasteiger partial charge in [0.15, 0.2) is 0 Å². The van der Waals surface area contributed by atoms with E-state index in [9.17, 15) is 14.4 Å². The van der Waals surface area contributed by atoms with Crippen LogP contribution in [0.25, 0.3) is 0 Å². The highest BCUT2D eigenvalue weighted by atomic mass is 79.9. The zero-order chi connectivity index (χ0) is 23.5. The molecule has 0 aromatic heterocycles. The number of nitrogens with zero attached hydrogens (tertiary/aromatic N) is 3. The maximum atomic E-state index is 13.1. The van der Waals surface area contributed by atoms with E-state index >= 15 is 0 Å². The number of amides is 2. The Hall–Kier alpha value is -3.06. The van der Waals surface area contributed by atoms with Crippen LogP contribution in [-0.4, -0.2) is 52.9 Å². The molecule has 4 rings (SSSR count). The molecular weight excluding hydrogens is 482 g/mol. The van der Waals surface area contributed by atoms with E-state index < -0.39 is 0 Å². The molecule has 0 N–H and O–H groups in total. The number of allylic oxidation sites excluding steroid dienone is 1.